The molecule has 0 spiro atoms. The Kier molecular flexibility index (Phi) is 7.33. The molecule has 0 heterocycles. The predicted molar refractivity (Wildman–Crippen MR) is 117 cm³/mol. The number of carbonyl (C=O) groups excluding carboxylic acids is 2. The maximum Gasteiger partial charge on any atom is 0.258 e. The minimum absolute atomic E-state index is 0.0263. The summed E-state index contributed by atoms with van der Waals surface area (Å²) in [5.74, 6) is -0.762. The van der Waals surface area contributed by atoms with E-state index < -0.39 is 5.82 Å². The van der Waals surface area contributed by atoms with Crippen LogP contribution in [-0.4, -0.2) is 18.4 Å². The van der Waals surface area contributed by atoms with Crippen molar-refractivity contribution in [3.8, 4) is 0 Å². The molecule has 0 aliphatic heterocycles. The second kappa shape index (κ2) is 10.3. The Labute approximate surface area is 176 Å². The first-order valence-electron chi connectivity index (χ1n) is 10.0. The molecule has 3 rings (SSSR count). The molecule has 0 atom stereocenters. The van der Waals surface area contributed by atoms with E-state index in [1.54, 1.807) is 11.0 Å². The third-order valence-corrected chi connectivity index (χ3v) is 4.69. The van der Waals surface area contributed by atoms with Crippen LogP contribution in [0, 0.1) is 5.82 Å². The van der Waals surface area contributed by atoms with Gasteiger partial charge in [-0.05, 0) is 47.9 Å². The zero-order valence-electron chi connectivity index (χ0n) is 17.0. The zero-order chi connectivity index (χ0) is 21.3. The van der Waals surface area contributed by atoms with Gasteiger partial charge < -0.3 is 10.2 Å². The van der Waals surface area contributed by atoms with Crippen LogP contribution in [0.3, 0.4) is 0 Å². The molecule has 154 valence electrons. The van der Waals surface area contributed by atoms with Crippen LogP contribution in [-0.2, 0) is 17.8 Å². The van der Waals surface area contributed by atoms with Gasteiger partial charge in [0.05, 0.1) is 13.0 Å². The smallest absolute Gasteiger partial charge is 0.258 e. The largest absolute Gasteiger partial charge is 0.356 e. The summed E-state index contributed by atoms with van der Waals surface area (Å²) in [4.78, 5) is 26.7. The van der Waals surface area contributed by atoms with Crippen LogP contribution in [0.5, 0.6) is 0 Å². The van der Waals surface area contributed by atoms with Gasteiger partial charge in [-0.15, -0.1) is 0 Å². The van der Waals surface area contributed by atoms with E-state index in [1.165, 1.54) is 18.2 Å². The molecule has 0 bridgehead atoms. The molecule has 0 aromatic heterocycles. The van der Waals surface area contributed by atoms with Gasteiger partial charge in [-0.2, -0.15) is 0 Å². The standard InChI is InChI=1S/C25H25FN2O2/c1-2-15-27-24(29)16-19-11-13-23(14-12-19)28(18-20-7-4-3-5-8-20)25(30)21-9-6-10-22(26)17-21/h3-14,17H,2,15-16,18H2,1H3,(H,27,29). The molecule has 3 aromatic rings. The molecule has 1 N–H and O–H groups in total. The fourth-order valence-electron chi connectivity index (χ4n) is 3.13. The number of benzene rings is 3. The van der Waals surface area contributed by atoms with Gasteiger partial charge in [-0.25, -0.2) is 4.39 Å². The monoisotopic (exact) mass is 404 g/mol. The third kappa shape index (κ3) is 5.77. The second-order valence-corrected chi connectivity index (χ2v) is 7.08. The van der Waals surface area contributed by atoms with Gasteiger partial charge in [0.15, 0.2) is 0 Å². The summed E-state index contributed by atoms with van der Waals surface area (Å²) in [5, 5.41) is 2.86. The summed E-state index contributed by atoms with van der Waals surface area (Å²) >= 11 is 0. The topological polar surface area (TPSA) is 49.4 Å². The highest BCUT2D eigenvalue weighted by atomic mass is 19.1. The van der Waals surface area contributed by atoms with Gasteiger partial charge >= 0.3 is 0 Å². The van der Waals surface area contributed by atoms with E-state index in [9.17, 15) is 14.0 Å². The highest BCUT2D eigenvalue weighted by molar-refractivity contribution is 6.06. The summed E-state index contributed by atoms with van der Waals surface area (Å²) in [7, 11) is 0. The Hall–Kier alpha value is -3.47. The minimum Gasteiger partial charge on any atom is -0.356 e. The SMILES string of the molecule is CCCNC(=O)Cc1ccc(N(Cc2ccccc2)C(=O)c2cccc(F)c2)cc1. The summed E-state index contributed by atoms with van der Waals surface area (Å²) in [5.41, 5.74) is 2.80. The number of anilines is 1. The lowest BCUT2D eigenvalue weighted by Gasteiger charge is -2.23. The first-order valence-corrected chi connectivity index (χ1v) is 10.0. The van der Waals surface area contributed by atoms with Crippen LogP contribution >= 0.6 is 0 Å². The van der Waals surface area contributed by atoms with E-state index in [0.717, 1.165) is 17.5 Å². The molecule has 0 saturated carbocycles. The Bertz CT molecular complexity index is 988. The van der Waals surface area contributed by atoms with Crippen LogP contribution in [0.4, 0.5) is 10.1 Å². The zero-order valence-corrected chi connectivity index (χ0v) is 17.0. The van der Waals surface area contributed by atoms with Crippen molar-refractivity contribution in [1.29, 1.82) is 0 Å². The number of nitrogens with zero attached hydrogens (tertiary/aromatic N) is 1. The van der Waals surface area contributed by atoms with Crippen molar-refractivity contribution >= 4 is 17.5 Å². The van der Waals surface area contributed by atoms with Crippen LogP contribution in [0.2, 0.25) is 0 Å². The van der Waals surface area contributed by atoms with Gasteiger partial charge in [-0.1, -0.05) is 55.5 Å². The summed E-state index contributed by atoms with van der Waals surface area (Å²) in [6.45, 7) is 3.02. The van der Waals surface area contributed by atoms with E-state index in [4.69, 9.17) is 0 Å². The van der Waals surface area contributed by atoms with Crippen molar-refractivity contribution in [2.45, 2.75) is 26.3 Å². The highest BCUT2D eigenvalue weighted by Crippen LogP contribution is 2.22. The van der Waals surface area contributed by atoms with Gasteiger partial charge in [0.2, 0.25) is 5.91 Å². The Morgan fingerprint density at radius 3 is 2.30 bits per heavy atom. The summed E-state index contributed by atoms with van der Waals surface area (Å²) in [6, 6.07) is 22.7. The van der Waals surface area contributed by atoms with Gasteiger partial charge in [-0.3, -0.25) is 9.59 Å². The molecule has 2 amide bonds. The Morgan fingerprint density at radius 1 is 0.900 bits per heavy atom. The third-order valence-electron chi connectivity index (χ3n) is 4.69. The summed E-state index contributed by atoms with van der Waals surface area (Å²) < 4.78 is 13.7. The molecule has 0 saturated heterocycles. The van der Waals surface area contributed by atoms with Crippen molar-refractivity contribution < 1.29 is 14.0 Å². The Morgan fingerprint density at radius 2 is 1.63 bits per heavy atom. The molecule has 0 radical (unpaired) electrons. The number of hydrogen-bond donors (Lipinski definition) is 1. The highest BCUT2D eigenvalue weighted by Gasteiger charge is 2.19. The second-order valence-electron chi connectivity index (χ2n) is 7.08. The average molecular weight is 404 g/mol. The van der Waals surface area contributed by atoms with Gasteiger partial charge in [0.1, 0.15) is 5.82 Å². The van der Waals surface area contributed by atoms with Gasteiger partial charge in [0.25, 0.3) is 5.91 Å². The number of nitrogens with one attached hydrogen (secondary N) is 1. The van der Waals surface area contributed by atoms with E-state index in [2.05, 4.69) is 5.32 Å². The van der Waals surface area contributed by atoms with Crippen molar-refractivity contribution in [2.24, 2.45) is 0 Å². The fourth-order valence-corrected chi connectivity index (χ4v) is 3.13. The van der Waals surface area contributed by atoms with E-state index >= 15 is 0 Å². The lowest BCUT2D eigenvalue weighted by atomic mass is 10.1. The lowest BCUT2D eigenvalue weighted by molar-refractivity contribution is -0.120. The number of amides is 2. The molecule has 0 unspecified atom stereocenters. The van der Waals surface area contributed by atoms with Crippen LogP contribution in [0.25, 0.3) is 0 Å². The van der Waals surface area contributed by atoms with E-state index in [1.807, 2.05) is 61.5 Å². The number of halogens is 1. The van der Waals surface area contributed by atoms with Crippen LogP contribution < -0.4 is 10.2 Å². The van der Waals surface area contributed by atoms with Gasteiger partial charge in [0, 0.05) is 17.8 Å². The predicted octanol–water partition coefficient (Wildman–Crippen LogP) is 4.74. The number of rotatable bonds is 8. The molecule has 3 aromatic carbocycles. The van der Waals surface area contributed by atoms with Crippen LogP contribution in [0.15, 0.2) is 78.9 Å². The molecule has 5 heteroatoms. The molecule has 30 heavy (non-hydrogen) atoms. The normalized spacial score (nSPS) is 10.5. The van der Waals surface area contributed by atoms with Crippen molar-refractivity contribution in [2.75, 3.05) is 11.4 Å². The molecule has 0 aliphatic carbocycles. The first kappa shape index (κ1) is 21.2. The fraction of sp³-hybridized carbons (Fsp3) is 0.200. The number of hydrogen-bond acceptors (Lipinski definition) is 2. The first-order chi connectivity index (χ1) is 14.6. The lowest BCUT2D eigenvalue weighted by Crippen LogP contribution is -2.30. The van der Waals surface area contributed by atoms with Crippen molar-refractivity contribution in [1.82, 2.24) is 5.32 Å². The Balaban J connectivity index is 1.84. The molecular formula is C25H25FN2O2. The minimum atomic E-state index is -0.450. The molecule has 0 aliphatic rings. The maximum absolute atomic E-state index is 13.7. The summed E-state index contributed by atoms with van der Waals surface area (Å²) in [6.07, 6.45) is 1.18. The quantitative estimate of drug-likeness (QED) is 0.589. The average Bonchev–Trinajstić information content (AvgIpc) is 2.77. The maximum atomic E-state index is 13.7. The van der Waals surface area contributed by atoms with Crippen molar-refractivity contribution in [3.63, 3.8) is 0 Å². The van der Waals surface area contributed by atoms with E-state index in [0.29, 0.717) is 18.8 Å². The van der Waals surface area contributed by atoms with Crippen LogP contribution in [0.1, 0.15) is 34.8 Å². The van der Waals surface area contributed by atoms with Crippen molar-refractivity contribution in [3.05, 3.63) is 101 Å². The number of carbonyl (C=O) groups is 2. The molecular weight excluding hydrogens is 379 g/mol. The molecule has 4 nitrogen and oxygen atoms in total. The molecule has 0 fully saturated rings. The van der Waals surface area contributed by atoms with E-state index in [-0.39, 0.29) is 23.8 Å².